The zero-order chi connectivity index (χ0) is 72.6. The molecule has 0 aliphatic carbocycles. The van der Waals surface area contributed by atoms with Gasteiger partial charge in [0.25, 0.3) is 6.71 Å². The Bertz CT molecular complexity index is 7040. The third-order valence-corrected chi connectivity index (χ3v) is 21.3. The molecule has 0 N–H and O–H groups in total. The van der Waals surface area contributed by atoms with Gasteiger partial charge in [0.05, 0.1) is 58.0 Å². The third-order valence-electron chi connectivity index (χ3n) is 21.3. The van der Waals surface area contributed by atoms with Gasteiger partial charge < -0.3 is 18.1 Å². The van der Waals surface area contributed by atoms with Crippen LogP contribution in [0, 0.1) is 0 Å². The molecule has 4 nitrogen and oxygen atoms in total. The number of para-hydroxylation sites is 2. The third kappa shape index (κ3) is 7.50. The Morgan fingerprint density at radius 3 is 1.35 bits per heavy atom. The first-order valence-electron chi connectivity index (χ1n) is 38.1. The van der Waals surface area contributed by atoms with Crippen molar-refractivity contribution in [2.45, 2.75) is 78.6 Å². The molecule has 0 spiro atoms. The zero-order valence-electron chi connectivity index (χ0n) is 64.3. The highest BCUT2D eigenvalue weighted by Crippen LogP contribution is 2.49. The van der Waals surface area contributed by atoms with E-state index >= 15 is 0 Å². The summed E-state index contributed by atoms with van der Waals surface area (Å²) in [5.41, 5.74) is 19.1. The molecule has 20 rings (SSSR count). The van der Waals surface area contributed by atoms with E-state index in [4.69, 9.17) is 8.22 Å². The highest BCUT2D eigenvalue weighted by atomic mass is 15.1. The monoisotopic (exact) mass is 1230 g/mol. The smallest absolute Gasteiger partial charge is 0.252 e. The second-order valence-electron chi connectivity index (χ2n) is 29.7. The number of hydrogen-bond donors (Lipinski definition) is 0. The second-order valence-corrected chi connectivity index (χ2v) is 29.7. The minimum atomic E-state index is -0.463. The first-order chi connectivity index (χ1) is 50.2. The molecule has 0 unspecified atom stereocenters. The number of aromatic nitrogens is 4. The maximum Gasteiger partial charge on any atom is 0.252 e. The molecule has 0 fully saturated rings. The van der Waals surface area contributed by atoms with Gasteiger partial charge in [0.15, 0.2) is 0 Å². The first kappa shape index (κ1) is 45.4. The van der Waals surface area contributed by atoms with E-state index in [1.54, 1.807) is 0 Å². The van der Waals surface area contributed by atoms with Gasteiger partial charge in [0.2, 0.25) is 0 Å². The molecule has 0 amide bonds. The van der Waals surface area contributed by atoms with Crippen LogP contribution in [0.3, 0.4) is 0 Å². The van der Waals surface area contributed by atoms with Crippen molar-refractivity contribution >= 4 is 148 Å². The summed E-state index contributed by atoms with van der Waals surface area (Å²) in [6, 6.07) is 67.5. The zero-order valence-corrected chi connectivity index (χ0v) is 54.3. The lowest BCUT2D eigenvalue weighted by atomic mass is 9.34. The van der Waals surface area contributed by atoms with E-state index in [-0.39, 0.29) is 46.1 Å². The molecule has 0 radical (unpaired) electrons. The van der Waals surface area contributed by atoms with Crippen LogP contribution in [0.2, 0.25) is 0 Å². The van der Waals surface area contributed by atoms with Crippen LogP contribution in [-0.2, 0) is 16.2 Å². The van der Waals surface area contributed by atoms with Crippen LogP contribution < -0.4 is 16.4 Å². The molecular weight excluding hydrogens is 1150 g/mol. The van der Waals surface area contributed by atoms with E-state index in [0.29, 0.717) is 11.1 Å². The number of hydrogen-bond acceptors (Lipinski definition) is 0. The summed E-state index contributed by atoms with van der Waals surface area (Å²) in [4.78, 5) is 0. The largest absolute Gasteiger partial charge is 0.310 e. The van der Waals surface area contributed by atoms with Gasteiger partial charge in [-0.25, -0.2) is 0 Å². The van der Waals surface area contributed by atoms with Gasteiger partial charge in [-0.1, -0.05) is 238 Å². The van der Waals surface area contributed by atoms with Crippen molar-refractivity contribution in [2.24, 2.45) is 0 Å². The summed E-state index contributed by atoms with van der Waals surface area (Å²) in [7, 11) is 0. The molecule has 0 atom stereocenters. The molecule has 5 aromatic heterocycles. The Labute approximate surface area is 566 Å². The highest BCUT2D eigenvalue weighted by molar-refractivity contribution is 7.00. The van der Waals surface area contributed by atoms with Gasteiger partial charge in [0.1, 0.15) is 0 Å². The van der Waals surface area contributed by atoms with Gasteiger partial charge in [0, 0.05) is 76.3 Å². The Balaban J connectivity index is 1.04. The normalized spacial score (nSPS) is 14.8. The van der Waals surface area contributed by atoms with Crippen molar-refractivity contribution in [2.75, 3.05) is 0 Å². The van der Waals surface area contributed by atoms with E-state index in [0.717, 1.165) is 164 Å². The van der Waals surface area contributed by atoms with E-state index in [1.807, 2.05) is 18.2 Å². The number of fused-ring (bicyclic) bond motifs is 24. The van der Waals surface area contributed by atoms with Crippen molar-refractivity contribution in [1.82, 2.24) is 18.1 Å². The van der Waals surface area contributed by atoms with Crippen molar-refractivity contribution in [3.63, 3.8) is 0 Å². The Hall–Kier alpha value is -10.9. The van der Waals surface area contributed by atoms with Crippen LogP contribution >= 0.6 is 0 Å². The standard InChI is InChI=1S/C90H69BN4/c1-88(2,3)56-37-41-76-69(45-56)70-46-57(89(4,5)6)38-42-77(70)92(76)59-49-72-68-44-55(53-25-14-11-15-26-53)36-40-79(68)95-86(72)74(50-59)91-73-48-58(90(7,8)9)47-71-67-43-54(52-23-12-10-13-24-52)35-39-78(67)94(85(71)73)81-51-80-82(87(95)83(81)91)66-33-22-32-65-63-30-19-17-28-61(63)60-27-16-18-29-62(60)64-31-20-21-34-75(64)93(80)84(65)66/h10-51H,1-9H3/i10D,11D,12D,13D,14D,15D,23D,24D,25D,26D. The summed E-state index contributed by atoms with van der Waals surface area (Å²) >= 11 is 0. The van der Waals surface area contributed by atoms with E-state index < -0.39 is 48.4 Å². The SMILES string of the molecule is [2H]c1c([2H])c([2H])c(-c2ccc3c(c2)c2cc(C(C)(C)C)cc4c2n3-c2cc3c(c5c2B4c2cc(-n4c6ccc(C(C)(C)C)cc6c6cc(C(C)(C)C)ccc64)cc4c6cc(-c7c([2H])c([2H])c([2H])c([2H])c7[2H])ccc6n-5c24)c2cccc4c5ccccc5c5ccccc5c5ccccc5n3c42)c([2H])c1[2H]. The quantitative estimate of drug-likeness (QED) is 0.157. The van der Waals surface area contributed by atoms with Gasteiger partial charge in [-0.15, -0.1) is 0 Å². The molecule has 7 heterocycles. The molecule has 2 aliphatic rings. The fraction of sp³-hybridized carbons (Fsp3) is 0.133. The molecule has 95 heavy (non-hydrogen) atoms. The maximum absolute atomic E-state index is 9.49. The molecule has 13 aromatic carbocycles. The highest BCUT2D eigenvalue weighted by Gasteiger charge is 2.44. The first-order valence-corrected chi connectivity index (χ1v) is 33.1. The summed E-state index contributed by atoms with van der Waals surface area (Å²) in [6.07, 6.45) is 0. The lowest BCUT2D eigenvalue weighted by molar-refractivity contribution is 0.590. The minimum absolute atomic E-state index is 0.127. The van der Waals surface area contributed by atoms with Crippen molar-refractivity contribution in [3.05, 3.63) is 271 Å². The van der Waals surface area contributed by atoms with Crippen molar-refractivity contribution < 1.29 is 13.7 Å². The van der Waals surface area contributed by atoms with E-state index in [2.05, 4.69) is 256 Å². The van der Waals surface area contributed by atoms with Crippen LogP contribution in [0.15, 0.2) is 255 Å². The Morgan fingerprint density at radius 1 is 0.305 bits per heavy atom. The number of rotatable bonds is 3. The van der Waals surface area contributed by atoms with Crippen LogP contribution in [-0.4, -0.2) is 24.8 Å². The van der Waals surface area contributed by atoms with Gasteiger partial charge in [-0.2, -0.15) is 0 Å². The predicted molar refractivity (Wildman–Crippen MR) is 408 cm³/mol. The fourth-order valence-corrected chi connectivity index (χ4v) is 16.8. The number of nitrogens with zero attached hydrogens (tertiary/aromatic N) is 4. The number of benzene rings is 13. The van der Waals surface area contributed by atoms with Gasteiger partial charge >= 0.3 is 0 Å². The summed E-state index contributed by atoms with van der Waals surface area (Å²) in [5.74, 6) is 0. The minimum Gasteiger partial charge on any atom is -0.310 e. The van der Waals surface area contributed by atoms with Crippen LogP contribution in [0.5, 0.6) is 0 Å². The van der Waals surface area contributed by atoms with Gasteiger partial charge in [-0.3, -0.25) is 0 Å². The molecular formula is C90H69BN4. The van der Waals surface area contributed by atoms with E-state index in [9.17, 15) is 5.48 Å². The average Bonchev–Trinajstić information content (AvgIpc) is 1.53. The Morgan fingerprint density at radius 2 is 0.758 bits per heavy atom. The maximum atomic E-state index is 9.49. The lowest BCUT2D eigenvalue weighted by Crippen LogP contribution is -2.59. The molecule has 0 bridgehead atoms. The van der Waals surface area contributed by atoms with Crippen LogP contribution in [0.4, 0.5) is 0 Å². The topological polar surface area (TPSA) is 19.2 Å². The molecule has 0 saturated carbocycles. The van der Waals surface area contributed by atoms with Crippen LogP contribution in [0.25, 0.3) is 164 Å². The molecule has 0 saturated heterocycles. The molecule has 2 aliphatic heterocycles. The van der Waals surface area contributed by atoms with Crippen molar-refractivity contribution in [3.8, 4) is 39.3 Å². The second kappa shape index (κ2) is 18.9. The molecule has 18 aromatic rings. The fourth-order valence-electron chi connectivity index (χ4n) is 16.8. The van der Waals surface area contributed by atoms with Crippen LogP contribution in [0.1, 0.15) is 92.7 Å². The molecule has 5 heteroatoms. The summed E-state index contributed by atoms with van der Waals surface area (Å²) < 4.78 is 101. The summed E-state index contributed by atoms with van der Waals surface area (Å²) in [5, 5.41) is 14.6. The van der Waals surface area contributed by atoms with Crippen molar-refractivity contribution in [1.29, 1.82) is 0 Å². The lowest BCUT2D eigenvalue weighted by Gasteiger charge is -2.35. The summed E-state index contributed by atoms with van der Waals surface area (Å²) in [6.45, 7) is 19.9. The average molecular weight is 1230 g/mol. The predicted octanol–water partition coefficient (Wildman–Crippen LogP) is 21.9. The van der Waals surface area contributed by atoms with Gasteiger partial charge in [-0.05, 0) is 172 Å². The Kier molecular flexibility index (Phi) is 9.05. The molecule has 452 valence electrons. The van der Waals surface area contributed by atoms with E-state index in [1.165, 1.54) is 11.1 Å².